The highest BCUT2D eigenvalue weighted by atomic mass is 32.2. The zero-order chi connectivity index (χ0) is 18.0. The van der Waals surface area contributed by atoms with Crippen LogP contribution in [0.1, 0.15) is 30.7 Å². The lowest BCUT2D eigenvalue weighted by atomic mass is 9.86. The van der Waals surface area contributed by atoms with Gasteiger partial charge in [-0.25, -0.2) is 12.7 Å². The van der Waals surface area contributed by atoms with E-state index >= 15 is 0 Å². The van der Waals surface area contributed by atoms with Crippen molar-refractivity contribution in [3.05, 3.63) is 35.9 Å². The number of piperidine rings is 2. The molecule has 2 heterocycles. The Bertz CT molecular complexity index is 699. The number of carbonyl (C=O) groups is 1. The van der Waals surface area contributed by atoms with Gasteiger partial charge in [0.05, 0.1) is 12.4 Å². The molecular formula is C18H26N2O4S. The van der Waals surface area contributed by atoms with Crippen molar-refractivity contribution in [3.8, 4) is 0 Å². The summed E-state index contributed by atoms with van der Waals surface area (Å²) in [5, 5.41) is 10.5. The third-order valence-corrected chi connectivity index (χ3v) is 6.70. The van der Waals surface area contributed by atoms with Gasteiger partial charge in [0.15, 0.2) is 0 Å². The van der Waals surface area contributed by atoms with Crippen molar-refractivity contribution in [2.75, 3.05) is 32.4 Å². The Labute approximate surface area is 149 Å². The Morgan fingerprint density at radius 2 is 1.72 bits per heavy atom. The van der Waals surface area contributed by atoms with E-state index in [0.717, 1.165) is 12.0 Å². The van der Waals surface area contributed by atoms with Crippen molar-refractivity contribution in [1.82, 2.24) is 9.21 Å². The van der Waals surface area contributed by atoms with Crippen LogP contribution in [0.5, 0.6) is 0 Å². The molecule has 1 aromatic carbocycles. The van der Waals surface area contributed by atoms with Gasteiger partial charge in [0.25, 0.3) is 0 Å². The number of aliphatic hydroxyl groups excluding tert-OH is 1. The lowest BCUT2D eigenvalue weighted by molar-refractivity contribution is -0.140. The van der Waals surface area contributed by atoms with Crippen molar-refractivity contribution >= 4 is 15.9 Å². The zero-order valence-corrected chi connectivity index (χ0v) is 15.4. The highest BCUT2D eigenvalue weighted by Crippen LogP contribution is 2.30. The summed E-state index contributed by atoms with van der Waals surface area (Å²) >= 11 is 0. The third kappa shape index (κ3) is 4.22. The van der Waals surface area contributed by atoms with Crippen molar-refractivity contribution < 1.29 is 18.3 Å². The van der Waals surface area contributed by atoms with Gasteiger partial charge in [-0.1, -0.05) is 30.3 Å². The van der Waals surface area contributed by atoms with Crippen LogP contribution in [0.15, 0.2) is 30.3 Å². The fourth-order valence-electron chi connectivity index (χ4n) is 3.91. The quantitative estimate of drug-likeness (QED) is 0.867. The van der Waals surface area contributed by atoms with E-state index in [-0.39, 0.29) is 17.7 Å². The van der Waals surface area contributed by atoms with Crippen LogP contribution in [0.2, 0.25) is 0 Å². The first kappa shape index (κ1) is 18.4. The molecular weight excluding hydrogens is 340 g/mol. The number of hydrogen-bond donors (Lipinski definition) is 1. The molecule has 7 heteroatoms. The molecule has 0 radical (unpaired) electrons. The van der Waals surface area contributed by atoms with Crippen molar-refractivity contribution in [2.24, 2.45) is 5.92 Å². The summed E-state index contributed by atoms with van der Waals surface area (Å²) in [5.74, 6) is -0.0190. The molecule has 6 nitrogen and oxygen atoms in total. The SMILES string of the molecule is CS(=O)(=O)N1CCC(C(=O)N2CC[C@@H](c3ccccc3)[C@H](O)C2)CC1. The van der Waals surface area contributed by atoms with Crippen molar-refractivity contribution in [1.29, 1.82) is 0 Å². The van der Waals surface area contributed by atoms with E-state index in [1.54, 1.807) is 4.90 Å². The number of rotatable bonds is 3. The third-order valence-electron chi connectivity index (χ3n) is 5.39. The first-order valence-electron chi connectivity index (χ1n) is 8.83. The molecule has 2 aliphatic heterocycles. The molecule has 0 bridgehead atoms. The fourth-order valence-corrected chi connectivity index (χ4v) is 4.79. The van der Waals surface area contributed by atoms with Crippen LogP contribution in [-0.4, -0.2) is 67.2 Å². The predicted molar refractivity (Wildman–Crippen MR) is 95.5 cm³/mol. The van der Waals surface area contributed by atoms with E-state index in [4.69, 9.17) is 0 Å². The highest BCUT2D eigenvalue weighted by molar-refractivity contribution is 7.88. The van der Waals surface area contributed by atoms with Gasteiger partial charge in [0, 0.05) is 38.0 Å². The minimum Gasteiger partial charge on any atom is -0.391 e. The molecule has 2 fully saturated rings. The molecule has 2 aliphatic rings. The number of nitrogens with zero attached hydrogens (tertiary/aromatic N) is 2. The average molecular weight is 366 g/mol. The van der Waals surface area contributed by atoms with Gasteiger partial charge in [-0.15, -0.1) is 0 Å². The van der Waals surface area contributed by atoms with Crippen molar-refractivity contribution in [3.63, 3.8) is 0 Å². The molecule has 0 aromatic heterocycles. The van der Waals surface area contributed by atoms with Gasteiger partial charge in [0.1, 0.15) is 0 Å². The molecule has 0 unspecified atom stereocenters. The Morgan fingerprint density at radius 1 is 1.08 bits per heavy atom. The smallest absolute Gasteiger partial charge is 0.225 e. The lowest BCUT2D eigenvalue weighted by Gasteiger charge is -2.39. The average Bonchev–Trinajstić information content (AvgIpc) is 2.61. The molecule has 2 atom stereocenters. The van der Waals surface area contributed by atoms with Gasteiger partial charge in [-0.3, -0.25) is 4.79 Å². The van der Waals surface area contributed by atoms with Crippen LogP contribution < -0.4 is 0 Å². The number of β-amino-alcohol motifs (C(OH)–C–C–N with tert-alkyl or cyclic N) is 1. The largest absolute Gasteiger partial charge is 0.391 e. The van der Waals surface area contributed by atoms with Gasteiger partial charge in [-0.2, -0.15) is 0 Å². The molecule has 138 valence electrons. The second kappa shape index (κ2) is 7.43. The number of hydrogen-bond acceptors (Lipinski definition) is 4. The number of amides is 1. The molecule has 0 spiro atoms. The molecule has 0 aliphatic carbocycles. The minimum absolute atomic E-state index is 0.0544. The minimum atomic E-state index is -3.18. The van der Waals surface area contributed by atoms with Gasteiger partial charge < -0.3 is 10.0 Å². The van der Waals surface area contributed by atoms with Crippen LogP contribution in [-0.2, 0) is 14.8 Å². The zero-order valence-electron chi connectivity index (χ0n) is 14.5. The first-order valence-corrected chi connectivity index (χ1v) is 10.7. The van der Waals surface area contributed by atoms with Crippen molar-refractivity contribution in [2.45, 2.75) is 31.3 Å². The Morgan fingerprint density at radius 3 is 2.28 bits per heavy atom. The number of benzene rings is 1. The summed E-state index contributed by atoms with van der Waals surface area (Å²) < 4.78 is 24.6. The van der Waals surface area contributed by atoms with E-state index in [0.29, 0.717) is 39.0 Å². The maximum absolute atomic E-state index is 12.7. The summed E-state index contributed by atoms with van der Waals surface area (Å²) in [6, 6.07) is 9.93. The Hall–Kier alpha value is -1.44. The number of likely N-dealkylation sites (tertiary alicyclic amines) is 1. The summed E-state index contributed by atoms with van der Waals surface area (Å²) in [7, 11) is -3.18. The second-order valence-electron chi connectivity index (χ2n) is 7.09. The van der Waals surface area contributed by atoms with Crippen LogP contribution >= 0.6 is 0 Å². The van der Waals surface area contributed by atoms with Gasteiger partial charge >= 0.3 is 0 Å². The Balaban J connectivity index is 1.57. The number of sulfonamides is 1. The van der Waals surface area contributed by atoms with Crippen LogP contribution in [0.25, 0.3) is 0 Å². The number of aliphatic hydroxyl groups is 1. The van der Waals surface area contributed by atoms with E-state index in [2.05, 4.69) is 0 Å². The predicted octanol–water partition coefficient (Wildman–Crippen LogP) is 1.03. The molecule has 2 saturated heterocycles. The highest BCUT2D eigenvalue weighted by Gasteiger charge is 2.36. The first-order chi connectivity index (χ1) is 11.9. The standard InChI is InChI=1S/C18H26N2O4S/c1-25(23,24)20-11-7-15(8-12-20)18(22)19-10-9-16(17(21)13-19)14-5-3-2-4-6-14/h2-6,15-17,21H,7-13H2,1H3/t16-,17+/m0/s1. The maximum atomic E-state index is 12.7. The van der Waals surface area contributed by atoms with E-state index in [1.165, 1.54) is 10.6 Å². The molecule has 25 heavy (non-hydrogen) atoms. The molecule has 1 amide bonds. The summed E-state index contributed by atoms with van der Waals surface area (Å²) in [6.45, 7) is 1.79. The van der Waals surface area contributed by atoms with E-state index < -0.39 is 16.1 Å². The van der Waals surface area contributed by atoms with Crippen LogP contribution in [0.3, 0.4) is 0 Å². The normalized spacial score (nSPS) is 26.6. The number of carbonyl (C=O) groups excluding carboxylic acids is 1. The maximum Gasteiger partial charge on any atom is 0.225 e. The summed E-state index contributed by atoms with van der Waals surface area (Å²) in [5.41, 5.74) is 1.11. The summed E-state index contributed by atoms with van der Waals surface area (Å²) in [6.07, 6.45) is 2.51. The molecule has 1 aromatic rings. The lowest BCUT2D eigenvalue weighted by Crippen LogP contribution is -2.50. The second-order valence-corrected chi connectivity index (χ2v) is 9.08. The van der Waals surface area contributed by atoms with Crippen LogP contribution in [0, 0.1) is 5.92 Å². The molecule has 3 rings (SSSR count). The van der Waals surface area contributed by atoms with Gasteiger partial charge in [-0.05, 0) is 24.8 Å². The summed E-state index contributed by atoms with van der Waals surface area (Å²) in [4.78, 5) is 14.5. The topological polar surface area (TPSA) is 77.9 Å². The Kier molecular flexibility index (Phi) is 5.46. The molecule has 1 N–H and O–H groups in total. The fraction of sp³-hybridized carbons (Fsp3) is 0.611. The van der Waals surface area contributed by atoms with Gasteiger partial charge in [0.2, 0.25) is 15.9 Å². The molecule has 0 saturated carbocycles. The van der Waals surface area contributed by atoms with E-state index in [1.807, 2.05) is 30.3 Å². The monoisotopic (exact) mass is 366 g/mol. The van der Waals surface area contributed by atoms with E-state index in [9.17, 15) is 18.3 Å². The van der Waals surface area contributed by atoms with Crippen LogP contribution in [0.4, 0.5) is 0 Å².